The van der Waals surface area contributed by atoms with Gasteiger partial charge in [-0.15, -0.1) is 0 Å². The van der Waals surface area contributed by atoms with Gasteiger partial charge in [0, 0.05) is 6.61 Å². The molecule has 9 heteroatoms. The summed E-state index contributed by atoms with van der Waals surface area (Å²) in [7, 11) is 0. The lowest BCUT2D eigenvalue weighted by Crippen LogP contribution is -2.07. The third-order valence-corrected chi connectivity index (χ3v) is 1.54. The van der Waals surface area contributed by atoms with Crippen LogP contribution in [0.5, 0.6) is 0 Å². The fraction of sp³-hybridized carbons (Fsp3) is 0.500. The van der Waals surface area contributed by atoms with Crippen molar-refractivity contribution < 1.29 is 14.6 Å². The Bertz CT molecular complexity index is 387. The van der Waals surface area contributed by atoms with Gasteiger partial charge in [0.05, 0.1) is 0 Å². The number of hydrogen-bond donors (Lipinski definition) is 0. The summed E-state index contributed by atoms with van der Waals surface area (Å²) in [6.45, 7) is 1.86. The van der Waals surface area contributed by atoms with Crippen molar-refractivity contribution in [3.05, 3.63) is 26.3 Å². The van der Waals surface area contributed by atoms with E-state index in [0.717, 1.165) is 10.7 Å². The molecule has 0 fully saturated rings. The van der Waals surface area contributed by atoms with E-state index in [0.29, 0.717) is 6.61 Å². The van der Waals surface area contributed by atoms with Crippen molar-refractivity contribution in [3.63, 3.8) is 0 Å². The topological polar surface area (TPSA) is 113 Å². The Hall–Kier alpha value is -2.03. The van der Waals surface area contributed by atoms with Crippen LogP contribution < -0.4 is 0 Å². The second kappa shape index (κ2) is 4.46. The zero-order valence-electron chi connectivity index (χ0n) is 7.82. The van der Waals surface area contributed by atoms with E-state index in [-0.39, 0.29) is 6.73 Å². The zero-order valence-corrected chi connectivity index (χ0v) is 7.82. The van der Waals surface area contributed by atoms with Gasteiger partial charge in [0.25, 0.3) is 0 Å². The molecular weight excluding hydrogens is 208 g/mol. The highest BCUT2D eigenvalue weighted by atomic mass is 16.6. The van der Waals surface area contributed by atoms with Gasteiger partial charge in [-0.2, -0.15) is 0 Å². The molecule has 1 heterocycles. The minimum absolute atomic E-state index is 0.180. The first-order valence-electron chi connectivity index (χ1n) is 4.00. The van der Waals surface area contributed by atoms with Crippen molar-refractivity contribution in [1.29, 1.82) is 0 Å². The predicted molar refractivity (Wildman–Crippen MR) is 47.2 cm³/mol. The lowest BCUT2D eigenvalue weighted by Gasteiger charge is -1.94. The van der Waals surface area contributed by atoms with Crippen LogP contribution >= 0.6 is 0 Å². The van der Waals surface area contributed by atoms with E-state index < -0.39 is 21.5 Å². The van der Waals surface area contributed by atoms with E-state index >= 15 is 0 Å². The van der Waals surface area contributed by atoms with E-state index in [1.807, 2.05) is 0 Å². The predicted octanol–water partition coefficient (Wildman–Crippen LogP) is 0.693. The molecule has 1 rings (SSSR count). The molecule has 9 nitrogen and oxygen atoms in total. The Morgan fingerprint density at radius 1 is 1.47 bits per heavy atom. The molecule has 0 radical (unpaired) electrons. The van der Waals surface area contributed by atoms with Crippen LogP contribution in [-0.2, 0) is 11.5 Å². The Morgan fingerprint density at radius 3 is 2.60 bits per heavy atom. The van der Waals surface area contributed by atoms with Crippen LogP contribution in [0.4, 0.5) is 11.6 Å². The second-order valence-electron chi connectivity index (χ2n) is 2.50. The van der Waals surface area contributed by atoms with Crippen LogP contribution in [0.2, 0.25) is 0 Å². The maximum absolute atomic E-state index is 10.5. The number of rotatable bonds is 5. The Balaban J connectivity index is 3.00. The molecule has 0 amide bonds. The average Bonchev–Trinajstić information content (AvgIpc) is 2.58. The third-order valence-electron chi connectivity index (χ3n) is 1.54. The Kier molecular flexibility index (Phi) is 3.29. The summed E-state index contributed by atoms with van der Waals surface area (Å²) in [6.07, 6.45) is 0. The van der Waals surface area contributed by atoms with E-state index in [2.05, 4.69) is 5.10 Å². The van der Waals surface area contributed by atoms with Gasteiger partial charge in [-0.1, -0.05) is 0 Å². The lowest BCUT2D eigenvalue weighted by atomic mass is 10.6. The Labute approximate surface area is 83.6 Å². The molecular formula is C6H8N4O5. The minimum Gasteiger partial charge on any atom is -0.358 e. The molecule has 0 N–H and O–H groups in total. The van der Waals surface area contributed by atoms with Crippen molar-refractivity contribution in [1.82, 2.24) is 9.78 Å². The summed E-state index contributed by atoms with van der Waals surface area (Å²) in [4.78, 5) is 19.3. The van der Waals surface area contributed by atoms with Gasteiger partial charge in [0.2, 0.25) is 6.73 Å². The normalized spacial score (nSPS) is 10.2. The van der Waals surface area contributed by atoms with Crippen LogP contribution in [0.3, 0.4) is 0 Å². The van der Waals surface area contributed by atoms with Crippen molar-refractivity contribution in [3.8, 4) is 0 Å². The number of aromatic nitrogens is 2. The summed E-state index contributed by atoms with van der Waals surface area (Å²) in [5.74, 6) is -1.03. The monoisotopic (exact) mass is 216 g/mol. The molecule has 1 aromatic heterocycles. The lowest BCUT2D eigenvalue weighted by molar-refractivity contribution is -0.395. The van der Waals surface area contributed by atoms with E-state index in [4.69, 9.17) is 4.74 Å². The molecule has 0 aliphatic rings. The van der Waals surface area contributed by atoms with E-state index in [1.54, 1.807) is 6.92 Å². The minimum atomic E-state index is -0.796. The van der Waals surface area contributed by atoms with Gasteiger partial charge < -0.3 is 25.0 Å². The highest BCUT2D eigenvalue weighted by Gasteiger charge is 2.27. The number of nitrogens with zero attached hydrogens (tertiary/aromatic N) is 4. The molecule has 1 aromatic rings. The highest BCUT2D eigenvalue weighted by molar-refractivity contribution is 5.31. The molecule has 0 aliphatic heterocycles. The first-order valence-corrected chi connectivity index (χ1v) is 4.00. The fourth-order valence-corrected chi connectivity index (χ4v) is 0.903. The number of hydrogen-bond acceptors (Lipinski definition) is 6. The number of nitro groups is 2. The standard InChI is InChI=1S/C6H8N4O5/c1-2-15-4-8-6(10(13)14)3-5(7-8)9(11)12/h3H,2,4H2,1H3. The SMILES string of the molecule is CCOCn1nc([N+](=O)[O-])cc1[N+](=O)[O-]. The van der Waals surface area contributed by atoms with E-state index in [1.165, 1.54) is 0 Å². The smallest absolute Gasteiger partial charge is 0.358 e. The molecule has 0 unspecified atom stereocenters. The average molecular weight is 216 g/mol. The molecule has 0 atom stereocenters. The van der Waals surface area contributed by atoms with Crippen molar-refractivity contribution in [2.75, 3.05) is 6.61 Å². The van der Waals surface area contributed by atoms with Gasteiger partial charge >= 0.3 is 11.6 Å². The number of ether oxygens (including phenoxy) is 1. The summed E-state index contributed by atoms with van der Waals surface area (Å²) < 4.78 is 5.71. The largest absolute Gasteiger partial charge is 0.420 e. The Morgan fingerprint density at radius 2 is 2.13 bits per heavy atom. The highest BCUT2D eigenvalue weighted by Crippen LogP contribution is 2.18. The van der Waals surface area contributed by atoms with Crippen molar-refractivity contribution in [2.45, 2.75) is 13.7 Å². The first-order chi connectivity index (χ1) is 7.06. The second-order valence-corrected chi connectivity index (χ2v) is 2.50. The van der Waals surface area contributed by atoms with E-state index in [9.17, 15) is 20.2 Å². The fourth-order valence-electron chi connectivity index (χ4n) is 0.903. The van der Waals surface area contributed by atoms with Crippen LogP contribution in [0.25, 0.3) is 0 Å². The van der Waals surface area contributed by atoms with Gasteiger partial charge in [-0.25, -0.2) is 0 Å². The van der Waals surface area contributed by atoms with Gasteiger partial charge in [-0.3, -0.25) is 0 Å². The van der Waals surface area contributed by atoms with Gasteiger partial charge in [0.1, 0.15) is 6.07 Å². The van der Waals surface area contributed by atoms with Gasteiger partial charge in [-0.05, 0) is 21.5 Å². The summed E-state index contributed by atoms with van der Waals surface area (Å²) >= 11 is 0. The maximum atomic E-state index is 10.5. The first kappa shape index (κ1) is 11.0. The molecule has 15 heavy (non-hydrogen) atoms. The van der Waals surface area contributed by atoms with Crippen molar-refractivity contribution in [2.24, 2.45) is 0 Å². The molecule has 0 aliphatic carbocycles. The van der Waals surface area contributed by atoms with Gasteiger partial charge in [0.15, 0.2) is 5.10 Å². The quantitative estimate of drug-likeness (QED) is 0.528. The third kappa shape index (κ3) is 2.47. The summed E-state index contributed by atoms with van der Waals surface area (Å²) in [6, 6.07) is 0.791. The van der Waals surface area contributed by atoms with Crippen LogP contribution in [0.15, 0.2) is 6.07 Å². The molecule has 0 saturated heterocycles. The van der Waals surface area contributed by atoms with Crippen LogP contribution in [-0.4, -0.2) is 26.2 Å². The maximum Gasteiger partial charge on any atom is 0.420 e. The van der Waals surface area contributed by atoms with Crippen molar-refractivity contribution >= 4 is 11.6 Å². The zero-order chi connectivity index (χ0) is 11.4. The molecule has 0 spiro atoms. The molecule has 0 saturated carbocycles. The van der Waals surface area contributed by atoms with Crippen LogP contribution in [0.1, 0.15) is 6.92 Å². The molecule has 0 bridgehead atoms. The summed E-state index contributed by atoms with van der Waals surface area (Å²) in [5, 5.41) is 24.2. The summed E-state index contributed by atoms with van der Waals surface area (Å²) in [5.41, 5.74) is 0. The van der Waals surface area contributed by atoms with Crippen LogP contribution in [0, 0.1) is 20.2 Å². The molecule has 0 aromatic carbocycles. The molecule has 82 valence electrons.